The highest BCUT2D eigenvalue weighted by Crippen LogP contribution is 2.14. The summed E-state index contributed by atoms with van der Waals surface area (Å²) in [5.41, 5.74) is 0.396. The lowest BCUT2D eigenvalue weighted by atomic mass is 10.2. The number of H-pyrrole nitrogens is 1. The van der Waals surface area contributed by atoms with Gasteiger partial charge in [0.05, 0.1) is 24.1 Å². The Hall–Kier alpha value is -2.90. The van der Waals surface area contributed by atoms with Crippen LogP contribution >= 0.6 is 0 Å². The summed E-state index contributed by atoms with van der Waals surface area (Å²) in [7, 11) is 0. The van der Waals surface area contributed by atoms with Crippen LogP contribution in [0.4, 0.5) is 14.9 Å². The molecule has 0 bridgehead atoms. The van der Waals surface area contributed by atoms with Crippen LogP contribution in [-0.4, -0.2) is 27.1 Å². The number of nitrogens with zero attached hydrogens (tertiary/aromatic N) is 1. The maximum Gasteiger partial charge on any atom is 0.338 e. The van der Waals surface area contributed by atoms with Crippen molar-refractivity contribution in [2.24, 2.45) is 0 Å². The third-order valence-corrected chi connectivity index (χ3v) is 2.45. The predicted molar refractivity (Wildman–Crippen MR) is 67.8 cm³/mol. The van der Waals surface area contributed by atoms with Gasteiger partial charge in [-0.05, 0) is 18.2 Å². The smallest absolute Gasteiger partial charge is 0.338 e. The summed E-state index contributed by atoms with van der Waals surface area (Å²) in [6, 6.07) is 2.77. The van der Waals surface area contributed by atoms with Crippen LogP contribution in [0.2, 0.25) is 0 Å². The summed E-state index contributed by atoms with van der Waals surface area (Å²) >= 11 is 0. The molecule has 0 saturated carbocycles. The van der Waals surface area contributed by atoms with E-state index in [0.717, 1.165) is 12.1 Å². The lowest BCUT2D eigenvalue weighted by Crippen LogP contribution is -2.28. The zero-order valence-electron chi connectivity index (χ0n) is 10.2. The first kappa shape index (κ1) is 13.5. The number of carbonyl (C=O) groups is 2. The van der Waals surface area contributed by atoms with Crippen LogP contribution in [0.5, 0.6) is 0 Å². The Bertz CT molecular complexity index is 628. The molecule has 1 heterocycles. The molecule has 2 amide bonds. The van der Waals surface area contributed by atoms with Crippen molar-refractivity contribution in [3.8, 4) is 0 Å². The minimum Gasteiger partial charge on any atom is -0.478 e. The van der Waals surface area contributed by atoms with Crippen molar-refractivity contribution in [1.29, 1.82) is 0 Å². The van der Waals surface area contributed by atoms with Gasteiger partial charge in [0.2, 0.25) is 0 Å². The first-order chi connectivity index (χ1) is 9.56. The maximum atomic E-state index is 13.2. The van der Waals surface area contributed by atoms with E-state index in [1.165, 1.54) is 12.4 Å². The van der Waals surface area contributed by atoms with Gasteiger partial charge in [0.1, 0.15) is 5.82 Å². The summed E-state index contributed by atoms with van der Waals surface area (Å²) < 4.78 is 13.2. The lowest BCUT2D eigenvalue weighted by Gasteiger charge is -2.07. The van der Waals surface area contributed by atoms with Gasteiger partial charge < -0.3 is 20.7 Å². The van der Waals surface area contributed by atoms with Crippen molar-refractivity contribution in [3.63, 3.8) is 0 Å². The molecule has 20 heavy (non-hydrogen) atoms. The first-order valence-corrected chi connectivity index (χ1v) is 5.61. The van der Waals surface area contributed by atoms with Gasteiger partial charge in [-0.25, -0.2) is 19.0 Å². The standard InChI is InChI=1S/C12H11FN4O3/c13-10-2-1-7(3-9(10)11(18)19)17-12(20)15-5-8-4-14-6-16-8/h1-4,6H,5H2,(H,14,16)(H,18,19)(H2,15,17,20). The van der Waals surface area contributed by atoms with Gasteiger partial charge in [0, 0.05) is 11.9 Å². The minimum atomic E-state index is -1.40. The van der Waals surface area contributed by atoms with E-state index < -0.39 is 23.4 Å². The molecule has 0 spiro atoms. The molecule has 2 rings (SSSR count). The summed E-state index contributed by atoms with van der Waals surface area (Å²) in [6.07, 6.45) is 3.04. The van der Waals surface area contributed by atoms with Crippen molar-refractivity contribution in [3.05, 3.63) is 47.8 Å². The number of benzene rings is 1. The SMILES string of the molecule is O=C(NCc1cnc[nH]1)Nc1ccc(F)c(C(=O)O)c1. The molecule has 8 heteroatoms. The van der Waals surface area contributed by atoms with E-state index >= 15 is 0 Å². The van der Waals surface area contributed by atoms with Gasteiger partial charge in [-0.1, -0.05) is 0 Å². The molecule has 1 aromatic heterocycles. The lowest BCUT2D eigenvalue weighted by molar-refractivity contribution is 0.0692. The fourth-order valence-electron chi connectivity index (χ4n) is 1.50. The molecule has 7 nitrogen and oxygen atoms in total. The summed E-state index contributed by atoms with van der Waals surface area (Å²) in [5, 5.41) is 13.7. The highest BCUT2D eigenvalue weighted by atomic mass is 19.1. The second-order valence-corrected chi connectivity index (χ2v) is 3.88. The Kier molecular flexibility index (Phi) is 3.94. The molecule has 0 radical (unpaired) electrons. The van der Waals surface area contributed by atoms with Gasteiger partial charge in [-0.15, -0.1) is 0 Å². The van der Waals surface area contributed by atoms with E-state index in [-0.39, 0.29) is 12.2 Å². The van der Waals surface area contributed by atoms with E-state index in [1.54, 1.807) is 6.20 Å². The topological polar surface area (TPSA) is 107 Å². The zero-order chi connectivity index (χ0) is 14.5. The predicted octanol–water partition coefficient (Wildman–Crippen LogP) is 1.57. The number of rotatable bonds is 4. The largest absolute Gasteiger partial charge is 0.478 e. The number of halogens is 1. The maximum absolute atomic E-state index is 13.2. The second-order valence-electron chi connectivity index (χ2n) is 3.88. The summed E-state index contributed by atoms with van der Waals surface area (Å²) in [6.45, 7) is 0.235. The average Bonchev–Trinajstić information content (AvgIpc) is 2.91. The number of amides is 2. The van der Waals surface area contributed by atoms with Gasteiger partial charge in [0.25, 0.3) is 0 Å². The summed E-state index contributed by atoms with van der Waals surface area (Å²) in [5.74, 6) is -2.26. The molecule has 1 aromatic carbocycles. The number of imidazole rings is 1. The number of aromatic carboxylic acids is 1. The second kappa shape index (κ2) is 5.83. The number of carboxylic acids is 1. The van der Waals surface area contributed by atoms with Crippen LogP contribution in [0.25, 0.3) is 0 Å². The normalized spacial score (nSPS) is 10.1. The van der Waals surface area contributed by atoms with Crippen molar-refractivity contribution >= 4 is 17.7 Å². The Labute approximate surface area is 112 Å². The Morgan fingerprint density at radius 2 is 2.20 bits per heavy atom. The Morgan fingerprint density at radius 3 is 2.85 bits per heavy atom. The van der Waals surface area contributed by atoms with Gasteiger partial charge in [-0.2, -0.15) is 0 Å². The van der Waals surface area contributed by atoms with Crippen LogP contribution < -0.4 is 10.6 Å². The summed E-state index contributed by atoms with van der Waals surface area (Å²) in [4.78, 5) is 28.9. The monoisotopic (exact) mass is 278 g/mol. The van der Waals surface area contributed by atoms with Crippen molar-refractivity contribution < 1.29 is 19.1 Å². The third kappa shape index (κ3) is 3.31. The van der Waals surface area contributed by atoms with Crippen LogP contribution in [0, 0.1) is 5.82 Å². The molecule has 0 aliphatic heterocycles. The fraction of sp³-hybridized carbons (Fsp3) is 0.0833. The van der Waals surface area contributed by atoms with Gasteiger partial charge in [0.15, 0.2) is 0 Å². The molecule has 0 unspecified atom stereocenters. The van der Waals surface area contributed by atoms with Crippen LogP contribution in [0.1, 0.15) is 16.1 Å². The Morgan fingerprint density at radius 1 is 1.40 bits per heavy atom. The van der Waals surface area contributed by atoms with Crippen molar-refractivity contribution in [2.75, 3.05) is 5.32 Å². The third-order valence-electron chi connectivity index (χ3n) is 2.45. The number of carboxylic acid groups (broad SMARTS) is 1. The van der Waals surface area contributed by atoms with Crippen LogP contribution in [0.3, 0.4) is 0 Å². The number of hydrogen-bond acceptors (Lipinski definition) is 3. The van der Waals surface area contributed by atoms with Crippen molar-refractivity contribution in [1.82, 2.24) is 15.3 Å². The highest BCUT2D eigenvalue weighted by Gasteiger charge is 2.11. The molecule has 2 aromatic rings. The molecule has 0 fully saturated rings. The quantitative estimate of drug-likeness (QED) is 0.680. The molecule has 4 N–H and O–H groups in total. The van der Waals surface area contributed by atoms with Crippen LogP contribution in [-0.2, 0) is 6.54 Å². The molecule has 104 valence electrons. The number of carbonyl (C=O) groups excluding carboxylic acids is 1. The highest BCUT2D eigenvalue weighted by molar-refractivity contribution is 5.93. The van der Waals surface area contributed by atoms with E-state index in [2.05, 4.69) is 20.6 Å². The molecule has 0 aliphatic rings. The van der Waals surface area contributed by atoms with E-state index in [0.29, 0.717) is 5.69 Å². The zero-order valence-corrected chi connectivity index (χ0v) is 10.2. The number of urea groups is 1. The minimum absolute atomic E-state index is 0.186. The number of anilines is 1. The molecule has 0 saturated heterocycles. The molecule has 0 atom stereocenters. The average molecular weight is 278 g/mol. The van der Waals surface area contributed by atoms with Gasteiger partial charge >= 0.3 is 12.0 Å². The van der Waals surface area contributed by atoms with Crippen LogP contribution in [0.15, 0.2) is 30.7 Å². The Balaban J connectivity index is 1.97. The van der Waals surface area contributed by atoms with E-state index in [1.807, 2.05) is 0 Å². The first-order valence-electron chi connectivity index (χ1n) is 5.61. The molecule has 0 aliphatic carbocycles. The van der Waals surface area contributed by atoms with E-state index in [4.69, 9.17) is 5.11 Å². The molecular formula is C12H11FN4O3. The van der Waals surface area contributed by atoms with Crippen molar-refractivity contribution in [2.45, 2.75) is 6.54 Å². The number of nitrogens with one attached hydrogen (secondary N) is 3. The van der Waals surface area contributed by atoms with Gasteiger partial charge in [-0.3, -0.25) is 0 Å². The number of hydrogen-bond donors (Lipinski definition) is 4. The fourth-order valence-corrected chi connectivity index (χ4v) is 1.50. The number of aromatic amines is 1. The molecular weight excluding hydrogens is 267 g/mol. The number of aromatic nitrogens is 2. The van der Waals surface area contributed by atoms with E-state index in [9.17, 15) is 14.0 Å².